The quantitative estimate of drug-likeness (QED) is 0.380. The number of aryl methyl sites for hydroxylation is 2. The largest absolute Gasteiger partial charge is 0.464 e. The predicted molar refractivity (Wildman–Crippen MR) is 111 cm³/mol. The summed E-state index contributed by atoms with van der Waals surface area (Å²) in [5.41, 5.74) is 3.43. The number of sulfone groups is 1. The van der Waals surface area contributed by atoms with E-state index in [1.807, 2.05) is 35.8 Å². The van der Waals surface area contributed by atoms with Crippen molar-refractivity contribution in [2.45, 2.75) is 31.7 Å². The van der Waals surface area contributed by atoms with Crippen molar-refractivity contribution in [2.75, 3.05) is 7.11 Å². The van der Waals surface area contributed by atoms with Crippen molar-refractivity contribution in [3.63, 3.8) is 0 Å². The van der Waals surface area contributed by atoms with Gasteiger partial charge in [-0.1, -0.05) is 49.4 Å². The second-order valence-electron chi connectivity index (χ2n) is 6.70. The molecule has 8 heteroatoms. The molecule has 1 heterocycles. The van der Waals surface area contributed by atoms with E-state index in [1.165, 1.54) is 7.11 Å². The number of carbonyl (C=O) groups is 1. The van der Waals surface area contributed by atoms with Gasteiger partial charge in [0.1, 0.15) is 5.82 Å². The van der Waals surface area contributed by atoms with E-state index in [0.717, 1.165) is 17.0 Å². The molecule has 0 unspecified atom stereocenters. The number of aromatic nitrogens is 2. The molecule has 3 rings (SSSR count). The number of imidazole rings is 1. The monoisotopic (exact) mass is 500 g/mol. The summed E-state index contributed by atoms with van der Waals surface area (Å²) in [6, 6.07) is 14.3. The maximum atomic E-state index is 12.2. The maximum absolute atomic E-state index is 12.2. The van der Waals surface area contributed by atoms with E-state index < -0.39 is 15.8 Å². The number of hydrogen-bond donors (Lipinski definition) is 0. The van der Waals surface area contributed by atoms with Gasteiger partial charge in [-0.25, -0.2) is 16.0 Å². The zero-order valence-corrected chi connectivity index (χ0v) is 20.9. The van der Waals surface area contributed by atoms with Crippen LogP contribution in [-0.2, 0) is 60.2 Å². The third kappa shape index (κ3) is 5.07. The molecule has 0 N–H and O–H groups in total. The van der Waals surface area contributed by atoms with Crippen LogP contribution in [0.25, 0.3) is 11.1 Å². The Labute approximate surface area is 202 Å². The van der Waals surface area contributed by atoms with Crippen molar-refractivity contribution >= 4 is 15.8 Å². The molecule has 6 nitrogen and oxygen atoms in total. The van der Waals surface area contributed by atoms with Gasteiger partial charge in [0.2, 0.25) is 0 Å². The van der Waals surface area contributed by atoms with Crippen molar-refractivity contribution in [3.05, 3.63) is 77.6 Å². The van der Waals surface area contributed by atoms with Gasteiger partial charge < -0.3 is 9.30 Å². The van der Waals surface area contributed by atoms with Crippen molar-refractivity contribution in [2.24, 2.45) is 0 Å². The normalized spacial score (nSPS) is 11.1. The van der Waals surface area contributed by atoms with Crippen LogP contribution in [0.3, 0.4) is 0 Å². The van der Waals surface area contributed by atoms with Gasteiger partial charge in [0.15, 0.2) is 5.69 Å². The minimum atomic E-state index is -3.58. The minimum Gasteiger partial charge on any atom is -0.464 e. The number of methoxy groups -OCH3 is 1. The second kappa shape index (κ2) is 9.99. The Kier molecular flexibility index (Phi) is 8.14. The van der Waals surface area contributed by atoms with Crippen LogP contribution < -0.4 is 0 Å². The van der Waals surface area contributed by atoms with Gasteiger partial charge in [-0.3, -0.25) is 8.42 Å². The smallest absolute Gasteiger partial charge is 0.356 e. The fourth-order valence-electron chi connectivity index (χ4n) is 3.37. The molecule has 0 aliphatic heterocycles. The standard InChI is InChI=1S/C22H23N2O4S.Y/c1-5-20-23-15(2)21(22(25)28-3)24(20)14-16-10-12-17(13-11-16)18-8-6-7-9-19(18)29(4,26)27;/h6-13H,4-5,14H2,1-3H3;/q-1;. The fraction of sp³-hybridized carbons (Fsp3) is 0.227. The van der Waals surface area contributed by atoms with E-state index in [2.05, 4.69) is 11.2 Å². The topological polar surface area (TPSA) is 78.3 Å². The van der Waals surface area contributed by atoms with Gasteiger partial charge in [-0.15, -0.1) is 0 Å². The Morgan fingerprint density at radius 1 is 1.13 bits per heavy atom. The molecule has 30 heavy (non-hydrogen) atoms. The summed E-state index contributed by atoms with van der Waals surface area (Å²) in [6.45, 7) is 4.24. The number of hydrogen-bond acceptors (Lipinski definition) is 5. The molecule has 0 spiro atoms. The Balaban J connectivity index is 0.00000320. The maximum Gasteiger partial charge on any atom is 0.356 e. The minimum absolute atomic E-state index is 0. The van der Waals surface area contributed by atoms with Gasteiger partial charge in [-0.2, -0.15) is 0 Å². The number of nitrogens with zero attached hydrogens (tertiary/aromatic N) is 2. The van der Waals surface area contributed by atoms with Gasteiger partial charge in [0.25, 0.3) is 0 Å². The van der Waals surface area contributed by atoms with Gasteiger partial charge >= 0.3 is 5.97 Å². The van der Waals surface area contributed by atoms with Crippen molar-refractivity contribution in [3.8, 4) is 11.1 Å². The molecule has 0 saturated carbocycles. The Morgan fingerprint density at radius 2 is 1.77 bits per heavy atom. The Morgan fingerprint density at radius 3 is 2.33 bits per heavy atom. The zero-order chi connectivity index (χ0) is 21.2. The Hall–Kier alpha value is -1.83. The molecule has 0 amide bonds. The molecule has 0 bridgehead atoms. The number of ether oxygens (including phenoxy) is 1. The third-order valence-corrected chi connectivity index (χ3v) is 5.77. The second-order valence-corrected chi connectivity index (χ2v) is 8.37. The first kappa shape index (κ1) is 24.4. The number of carbonyl (C=O) groups excluding carboxylic acids is 1. The molecule has 3 aromatic rings. The first-order valence-corrected chi connectivity index (χ1v) is 10.8. The van der Waals surface area contributed by atoms with Crippen molar-refractivity contribution in [1.29, 1.82) is 0 Å². The summed E-state index contributed by atoms with van der Waals surface area (Å²) < 4.78 is 30.7. The molecule has 0 aliphatic rings. The van der Waals surface area contributed by atoms with E-state index in [-0.39, 0.29) is 37.6 Å². The van der Waals surface area contributed by atoms with E-state index in [1.54, 1.807) is 31.2 Å². The molecule has 1 radical (unpaired) electrons. The van der Waals surface area contributed by atoms with Crippen LogP contribution in [-0.4, -0.2) is 31.0 Å². The SMILES string of the molecule is [CH2-]S(=O)(=O)c1ccccc1-c1ccc(Cn2c(CC)nc(C)c2C(=O)OC)cc1.[Y]. The van der Waals surface area contributed by atoms with Gasteiger partial charge in [-0.05, 0) is 29.7 Å². The summed E-state index contributed by atoms with van der Waals surface area (Å²) in [4.78, 5) is 16.9. The molecule has 0 atom stereocenters. The van der Waals surface area contributed by atoms with Crippen LogP contribution in [0.2, 0.25) is 0 Å². The van der Waals surface area contributed by atoms with Gasteiger partial charge in [0, 0.05) is 60.4 Å². The molecule has 1 aromatic heterocycles. The zero-order valence-electron chi connectivity index (χ0n) is 17.3. The average molecular weight is 500 g/mol. The first-order chi connectivity index (χ1) is 13.8. The van der Waals surface area contributed by atoms with E-state index >= 15 is 0 Å². The molecule has 0 aliphatic carbocycles. The summed E-state index contributed by atoms with van der Waals surface area (Å²) >= 11 is 0. The van der Waals surface area contributed by atoms with Crippen LogP contribution in [0.5, 0.6) is 0 Å². The molecule has 0 saturated heterocycles. The van der Waals surface area contributed by atoms with Crippen LogP contribution in [0.15, 0.2) is 53.4 Å². The summed E-state index contributed by atoms with van der Waals surface area (Å²) in [6.07, 6.45) is 3.96. The van der Waals surface area contributed by atoms with Crippen LogP contribution in [0, 0.1) is 13.2 Å². The van der Waals surface area contributed by atoms with Crippen LogP contribution >= 0.6 is 0 Å². The molecular formula is C22H23N2O4SY-. The first-order valence-electron chi connectivity index (χ1n) is 9.17. The van der Waals surface area contributed by atoms with Crippen molar-refractivity contribution < 1.29 is 50.7 Å². The van der Waals surface area contributed by atoms with Crippen molar-refractivity contribution in [1.82, 2.24) is 9.55 Å². The Bertz CT molecular complexity index is 1150. The van der Waals surface area contributed by atoms with E-state index in [4.69, 9.17) is 4.74 Å². The molecular weight excluding hydrogens is 477 g/mol. The molecule has 0 fully saturated rings. The van der Waals surface area contributed by atoms with Crippen LogP contribution in [0.4, 0.5) is 0 Å². The summed E-state index contributed by atoms with van der Waals surface area (Å²) in [5, 5.41) is 0. The number of esters is 1. The molecule has 2 aromatic carbocycles. The predicted octanol–water partition coefficient (Wildman–Crippen LogP) is 3.82. The number of benzene rings is 2. The molecule has 155 valence electrons. The third-order valence-electron chi connectivity index (χ3n) is 4.74. The van der Waals surface area contributed by atoms with Crippen LogP contribution in [0.1, 0.15) is 34.5 Å². The van der Waals surface area contributed by atoms with Gasteiger partial charge in [0.05, 0.1) is 12.8 Å². The van der Waals surface area contributed by atoms with E-state index in [9.17, 15) is 13.2 Å². The fourth-order valence-corrected chi connectivity index (χ4v) is 4.18. The average Bonchev–Trinajstić information content (AvgIpc) is 3.02. The summed E-state index contributed by atoms with van der Waals surface area (Å²) in [7, 11) is -2.22. The summed E-state index contributed by atoms with van der Waals surface area (Å²) in [5.74, 6) is 0.390. The number of rotatable bonds is 6. The van der Waals surface area contributed by atoms with E-state index in [0.29, 0.717) is 29.9 Å².